The Bertz CT molecular complexity index is 542. The number of aryl methyl sites for hydroxylation is 1. The first-order chi connectivity index (χ1) is 8.60. The van der Waals surface area contributed by atoms with E-state index in [-0.39, 0.29) is 0 Å². The minimum atomic E-state index is 0.760. The van der Waals surface area contributed by atoms with Crippen molar-refractivity contribution in [2.75, 3.05) is 11.9 Å². The minimum Gasteiger partial charge on any atom is -0.368 e. The first kappa shape index (κ1) is 13.8. The molecule has 0 radical (unpaired) electrons. The second-order valence-corrected chi connectivity index (χ2v) is 6.18. The topological polar surface area (TPSA) is 16.1 Å². The Morgan fingerprint density at radius 1 is 1.44 bits per heavy atom. The number of halogens is 2. The fourth-order valence-corrected chi connectivity index (χ4v) is 3.06. The van der Waals surface area contributed by atoms with E-state index in [0.29, 0.717) is 0 Å². The molecule has 0 saturated heterocycles. The summed E-state index contributed by atoms with van der Waals surface area (Å²) in [6.45, 7) is 2.82. The summed E-state index contributed by atoms with van der Waals surface area (Å²) in [5, 5.41) is 4.78. The van der Waals surface area contributed by atoms with Gasteiger partial charge < -0.3 is 4.90 Å². The quantitative estimate of drug-likeness (QED) is 0.751. The molecular formula is C13H14BrClN2S. The van der Waals surface area contributed by atoms with E-state index in [1.54, 1.807) is 11.3 Å². The Balaban J connectivity index is 2.22. The lowest BCUT2D eigenvalue weighted by atomic mass is 10.2. The summed E-state index contributed by atoms with van der Waals surface area (Å²) in [5.74, 6) is 0. The maximum absolute atomic E-state index is 6.07. The van der Waals surface area contributed by atoms with Crippen LogP contribution in [0.1, 0.15) is 16.3 Å². The van der Waals surface area contributed by atoms with E-state index in [1.807, 2.05) is 19.1 Å². The van der Waals surface area contributed by atoms with Crippen LogP contribution in [0.5, 0.6) is 0 Å². The zero-order chi connectivity index (χ0) is 13.1. The smallest absolute Gasteiger partial charge is 0.0898 e. The van der Waals surface area contributed by atoms with Gasteiger partial charge in [-0.25, -0.2) is 4.98 Å². The molecule has 0 amide bonds. The first-order valence-electron chi connectivity index (χ1n) is 5.56. The Morgan fingerprint density at radius 2 is 2.22 bits per heavy atom. The van der Waals surface area contributed by atoms with Crippen molar-refractivity contribution in [3.8, 4) is 0 Å². The number of hydrogen-bond donors (Lipinski definition) is 0. The highest BCUT2D eigenvalue weighted by molar-refractivity contribution is 9.08. The first-order valence-corrected chi connectivity index (χ1v) is 7.94. The van der Waals surface area contributed by atoms with Crippen molar-refractivity contribution in [1.82, 2.24) is 4.98 Å². The molecule has 0 unspecified atom stereocenters. The third kappa shape index (κ3) is 3.25. The zero-order valence-electron chi connectivity index (χ0n) is 10.3. The van der Waals surface area contributed by atoms with Gasteiger partial charge in [0.05, 0.1) is 17.2 Å². The number of benzene rings is 1. The molecule has 1 aromatic carbocycles. The van der Waals surface area contributed by atoms with Crippen molar-refractivity contribution in [3.05, 3.63) is 44.9 Å². The van der Waals surface area contributed by atoms with Crippen molar-refractivity contribution >= 4 is 44.6 Å². The van der Waals surface area contributed by atoms with E-state index in [2.05, 4.69) is 44.3 Å². The summed E-state index contributed by atoms with van der Waals surface area (Å²) in [6, 6.07) is 5.97. The third-order valence-corrected chi connectivity index (χ3v) is 4.33. The van der Waals surface area contributed by atoms with Gasteiger partial charge in [-0.05, 0) is 24.6 Å². The van der Waals surface area contributed by atoms with Gasteiger partial charge in [-0.3, -0.25) is 0 Å². The Hall–Kier alpha value is -0.580. The van der Waals surface area contributed by atoms with E-state index in [4.69, 9.17) is 11.6 Å². The van der Waals surface area contributed by atoms with Crippen LogP contribution in [0.4, 0.5) is 5.69 Å². The molecule has 1 heterocycles. The molecule has 96 valence electrons. The minimum absolute atomic E-state index is 0.760. The van der Waals surface area contributed by atoms with Crippen LogP contribution in [0.2, 0.25) is 5.02 Å². The Kier molecular flexibility index (Phi) is 4.65. The van der Waals surface area contributed by atoms with Crippen molar-refractivity contribution < 1.29 is 0 Å². The molecule has 0 atom stereocenters. The standard InChI is InChI=1S/C13H14BrClN2S/c1-9-16-12(8-18-9)7-17(2)13-5-11(15)4-3-10(13)6-14/h3-5,8H,6-7H2,1-2H3. The SMILES string of the molecule is Cc1nc(CN(C)c2cc(Cl)ccc2CBr)cs1. The predicted octanol–water partition coefficient (Wildman–Crippen LogP) is 4.64. The Labute approximate surface area is 125 Å². The largest absolute Gasteiger partial charge is 0.368 e. The van der Waals surface area contributed by atoms with Gasteiger partial charge in [-0.2, -0.15) is 0 Å². The average Bonchev–Trinajstić information content (AvgIpc) is 2.74. The van der Waals surface area contributed by atoms with Crippen molar-refractivity contribution in [2.45, 2.75) is 18.8 Å². The summed E-state index contributed by atoms with van der Waals surface area (Å²) in [6.07, 6.45) is 0. The van der Waals surface area contributed by atoms with Gasteiger partial charge in [-0.15, -0.1) is 11.3 Å². The fourth-order valence-electron chi connectivity index (χ4n) is 1.81. The van der Waals surface area contributed by atoms with Crippen LogP contribution in [0, 0.1) is 6.92 Å². The summed E-state index contributed by atoms with van der Waals surface area (Å²) in [4.78, 5) is 6.66. The lowest BCUT2D eigenvalue weighted by Gasteiger charge is -2.21. The molecule has 2 aromatic rings. The Morgan fingerprint density at radius 3 is 2.83 bits per heavy atom. The second kappa shape index (κ2) is 6.04. The number of rotatable bonds is 4. The molecule has 18 heavy (non-hydrogen) atoms. The van der Waals surface area contributed by atoms with Crippen LogP contribution < -0.4 is 4.90 Å². The zero-order valence-corrected chi connectivity index (χ0v) is 13.4. The molecule has 0 fully saturated rings. The number of alkyl halides is 1. The molecule has 2 rings (SSSR count). The number of anilines is 1. The number of thiazole rings is 1. The van der Waals surface area contributed by atoms with Gasteiger partial charge in [0.15, 0.2) is 0 Å². The second-order valence-electron chi connectivity index (χ2n) is 4.12. The molecule has 0 bridgehead atoms. The molecule has 2 nitrogen and oxygen atoms in total. The average molecular weight is 346 g/mol. The van der Waals surface area contributed by atoms with Crippen LogP contribution >= 0.6 is 38.9 Å². The molecule has 0 N–H and O–H groups in total. The highest BCUT2D eigenvalue weighted by atomic mass is 79.9. The molecule has 0 aliphatic rings. The van der Waals surface area contributed by atoms with Gasteiger partial charge >= 0.3 is 0 Å². The molecule has 0 saturated carbocycles. The number of hydrogen-bond acceptors (Lipinski definition) is 3. The summed E-state index contributed by atoms with van der Waals surface area (Å²) >= 11 is 11.3. The van der Waals surface area contributed by atoms with Gasteiger partial charge in [0.2, 0.25) is 0 Å². The van der Waals surface area contributed by atoms with E-state index in [1.165, 1.54) is 5.56 Å². The number of nitrogens with zero attached hydrogens (tertiary/aromatic N) is 2. The maximum atomic E-state index is 6.07. The van der Waals surface area contributed by atoms with Gasteiger partial charge in [0.25, 0.3) is 0 Å². The van der Waals surface area contributed by atoms with Crippen LogP contribution in [-0.2, 0) is 11.9 Å². The van der Waals surface area contributed by atoms with Gasteiger partial charge in [0, 0.05) is 28.5 Å². The molecule has 1 aromatic heterocycles. The normalized spacial score (nSPS) is 10.7. The lowest BCUT2D eigenvalue weighted by Crippen LogP contribution is -2.18. The monoisotopic (exact) mass is 344 g/mol. The molecule has 0 spiro atoms. The molecule has 5 heteroatoms. The van der Waals surface area contributed by atoms with Gasteiger partial charge in [0.1, 0.15) is 0 Å². The highest BCUT2D eigenvalue weighted by Crippen LogP contribution is 2.27. The molecule has 0 aliphatic heterocycles. The van der Waals surface area contributed by atoms with E-state index < -0.39 is 0 Å². The maximum Gasteiger partial charge on any atom is 0.0898 e. The summed E-state index contributed by atoms with van der Waals surface area (Å²) in [7, 11) is 2.06. The summed E-state index contributed by atoms with van der Waals surface area (Å²) in [5.41, 5.74) is 3.47. The summed E-state index contributed by atoms with van der Waals surface area (Å²) < 4.78 is 0. The molecular weight excluding hydrogens is 332 g/mol. The van der Waals surface area contributed by atoms with Crippen molar-refractivity contribution in [2.24, 2.45) is 0 Å². The fraction of sp³-hybridized carbons (Fsp3) is 0.308. The van der Waals surface area contributed by atoms with Crippen molar-refractivity contribution in [3.63, 3.8) is 0 Å². The van der Waals surface area contributed by atoms with Crippen LogP contribution in [-0.4, -0.2) is 12.0 Å². The van der Waals surface area contributed by atoms with Crippen LogP contribution in [0.25, 0.3) is 0 Å². The third-order valence-electron chi connectivity index (χ3n) is 2.67. The lowest BCUT2D eigenvalue weighted by molar-refractivity contribution is 0.885. The van der Waals surface area contributed by atoms with Crippen LogP contribution in [0.15, 0.2) is 23.6 Å². The number of aromatic nitrogens is 1. The van der Waals surface area contributed by atoms with E-state index >= 15 is 0 Å². The highest BCUT2D eigenvalue weighted by Gasteiger charge is 2.09. The van der Waals surface area contributed by atoms with Crippen LogP contribution in [0.3, 0.4) is 0 Å². The predicted molar refractivity (Wildman–Crippen MR) is 83.0 cm³/mol. The van der Waals surface area contributed by atoms with Crippen molar-refractivity contribution in [1.29, 1.82) is 0 Å². The molecule has 0 aliphatic carbocycles. The van der Waals surface area contributed by atoms with E-state index in [0.717, 1.165) is 33.3 Å². The van der Waals surface area contributed by atoms with E-state index in [9.17, 15) is 0 Å². The van der Waals surface area contributed by atoms with Gasteiger partial charge in [-0.1, -0.05) is 33.6 Å².